The number of unbranched alkanes of at least 4 members (excludes halogenated alkanes) is 1. The molecule has 0 aliphatic rings. The molecule has 0 radical (unpaired) electrons. The molecule has 6 nitrogen and oxygen atoms in total. The van der Waals surface area contributed by atoms with Crippen LogP contribution in [0.25, 0.3) is 0 Å². The second kappa shape index (κ2) is 20.1. The molecule has 0 aliphatic carbocycles. The summed E-state index contributed by atoms with van der Waals surface area (Å²) in [4.78, 5) is 0. The Kier molecular flexibility index (Phi) is 21.7. The van der Waals surface area contributed by atoms with Gasteiger partial charge in [-0.25, -0.2) is 0 Å². The van der Waals surface area contributed by atoms with E-state index in [4.69, 9.17) is 29.2 Å². The molecule has 4 unspecified atom stereocenters. The summed E-state index contributed by atoms with van der Waals surface area (Å²) in [5.74, 6) is 0. The summed E-state index contributed by atoms with van der Waals surface area (Å²) in [5, 5.41) is 17.4. The first-order valence-electron chi connectivity index (χ1n) is 9.59. The normalized spacial score (nSPS) is 15.8. The number of hydrogen-bond donors (Lipinski definition) is 2. The Morgan fingerprint density at radius 2 is 1.04 bits per heavy atom. The molecule has 4 atom stereocenters. The van der Waals surface area contributed by atoms with Gasteiger partial charge >= 0.3 is 0 Å². The van der Waals surface area contributed by atoms with Crippen molar-refractivity contribution in [3.8, 4) is 0 Å². The lowest BCUT2D eigenvalue weighted by atomic mass is 10.3. The molecule has 0 spiro atoms. The first kappa shape index (κ1) is 27.0. The lowest BCUT2D eigenvalue weighted by molar-refractivity contribution is -0.0457. The number of aliphatic hydroxyl groups excluding tert-OH is 2. The van der Waals surface area contributed by atoms with E-state index in [9.17, 15) is 0 Å². The number of ether oxygens (including phenoxy) is 4. The zero-order chi connectivity index (χ0) is 19.5. The Hall–Kier alpha value is -0.240. The minimum atomic E-state index is -0.0859. The highest BCUT2D eigenvalue weighted by atomic mass is 16.5. The van der Waals surface area contributed by atoms with Gasteiger partial charge < -0.3 is 29.2 Å². The van der Waals surface area contributed by atoms with E-state index in [1.54, 1.807) is 0 Å². The average Bonchev–Trinajstić information content (AvgIpc) is 2.62. The van der Waals surface area contributed by atoms with Gasteiger partial charge in [-0.1, -0.05) is 20.3 Å². The molecule has 0 saturated carbocycles. The van der Waals surface area contributed by atoms with Gasteiger partial charge in [0.2, 0.25) is 0 Å². The van der Waals surface area contributed by atoms with Crippen LogP contribution in [0.2, 0.25) is 0 Å². The first-order valence-corrected chi connectivity index (χ1v) is 9.59. The van der Waals surface area contributed by atoms with Crippen molar-refractivity contribution in [3.05, 3.63) is 0 Å². The van der Waals surface area contributed by atoms with Gasteiger partial charge in [0.25, 0.3) is 0 Å². The zero-order valence-corrected chi connectivity index (χ0v) is 17.2. The lowest BCUT2D eigenvalue weighted by Gasteiger charge is -2.15. The third-order valence-electron chi connectivity index (χ3n) is 3.25. The summed E-state index contributed by atoms with van der Waals surface area (Å²) in [6, 6.07) is 0. The monoisotopic (exact) mass is 366 g/mol. The van der Waals surface area contributed by atoms with E-state index < -0.39 is 0 Å². The molecule has 0 aromatic carbocycles. The molecule has 0 amide bonds. The van der Waals surface area contributed by atoms with Gasteiger partial charge in [0.15, 0.2) is 0 Å². The van der Waals surface area contributed by atoms with Crippen molar-refractivity contribution >= 4 is 0 Å². The summed E-state index contributed by atoms with van der Waals surface area (Å²) in [6.07, 6.45) is 3.36. The van der Waals surface area contributed by atoms with Crippen LogP contribution in [0.1, 0.15) is 60.8 Å². The molecular weight excluding hydrogens is 324 g/mol. The van der Waals surface area contributed by atoms with Gasteiger partial charge in [-0.3, -0.25) is 0 Å². The third kappa shape index (κ3) is 21.7. The predicted octanol–water partition coefficient (Wildman–Crippen LogP) is 2.79. The summed E-state index contributed by atoms with van der Waals surface area (Å²) >= 11 is 0. The smallest absolute Gasteiger partial charge is 0.0780 e. The highest BCUT2D eigenvalue weighted by molar-refractivity contribution is 4.52. The standard InChI is InChI=1S/C10H22O3.C9H20O3/c1-4-5-6-12-10(3)8-13-9(2)7-11;1-4-5-11-9(3)7-12-8(2)6-10/h9-11H,4-8H2,1-3H3;8-10H,4-7H2,1-3H3. The molecule has 0 rings (SSSR count). The molecule has 6 heteroatoms. The van der Waals surface area contributed by atoms with E-state index in [0.29, 0.717) is 13.2 Å². The van der Waals surface area contributed by atoms with Crippen molar-refractivity contribution in [2.24, 2.45) is 0 Å². The largest absolute Gasteiger partial charge is 0.394 e. The maximum Gasteiger partial charge on any atom is 0.0780 e. The van der Waals surface area contributed by atoms with Gasteiger partial charge in [-0.15, -0.1) is 0 Å². The highest BCUT2D eigenvalue weighted by Gasteiger charge is 2.05. The number of hydrogen-bond acceptors (Lipinski definition) is 6. The van der Waals surface area contributed by atoms with Crippen molar-refractivity contribution < 1.29 is 29.2 Å². The summed E-state index contributed by atoms with van der Waals surface area (Å²) in [5.41, 5.74) is 0. The van der Waals surface area contributed by atoms with Gasteiger partial charge in [0.1, 0.15) is 0 Å². The van der Waals surface area contributed by atoms with Gasteiger partial charge in [-0.05, 0) is 40.5 Å². The second-order valence-electron chi connectivity index (χ2n) is 6.37. The summed E-state index contributed by atoms with van der Waals surface area (Å²) in [7, 11) is 0. The molecule has 0 saturated heterocycles. The van der Waals surface area contributed by atoms with Crippen LogP contribution >= 0.6 is 0 Å². The number of rotatable bonds is 15. The predicted molar refractivity (Wildman–Crippen MR) is 101 cm³/mol. The molecule has 0 aromatic rings. The van der Waals surface area contributed by atoms with Crippen molar-refractivity contribution in [2.75, 3.05) is 39.6 Å². The van der Waals surface area contributed by atoms with Crippen LogP contribution in [0.3, 0.4) is 0 Å². The third-order valence-corrected chi connectivity index (χ3v) is 3.25. The molecule has 0 aromatic heterocycles. The van der Waals surface area contributed by atoms with Crippen LogP contribution in [0.15, 0.2) is 0 Å². The zero-order valence-electron chi connectivity index (χ0n) is 17.2. The van der Waals surface area contributed by atoms with Crippen LogP contribution in [0, 0.1) is 0 Å². The fraction of sp³-hybridized carbons (Fsp3) is 1.00. The molecule has 25 heavy (non-hydrogen) atoms. The van der Waals surface area contributed by atoms with E-state index in [2.05, 4.69) is 13.8 Å². The Morgan fingerprint density at radius 1 is 0.600 bits per heavy atom. The molecule has 2 N–H and O–H groups in total. The second-order valence-corrected chi connectivity index (χ2v) is 6.37. The van der Waals surface area contributed by atoms with Crippen molar-refractivity contribution in [1.29, 1.82) is 0 Å². The maximum atomic E-state index is 8.70. The van der Waals surface area contributed by atoms with E-state index in [1.807, 2.05) is 27.7 Å². The molecule has 0 bridgehead atoms. The summed E-state index contributed by atoms with van der Waals surface area (Å²) in [6.45, 7) is 14.7. The minimum absolute atomic E-state index is 0.0699. The van der Waals surface area contributed by atoms with Crippen LogP contribution in [-0.4, -0.2) is 74.3 Å². The Labute approximate surface area is 154 Å². The van der Waals surface area contributed by atoms with Crippen molar-refractivity contribution in [1.82, 2.24) is 0 Å². The molecule has 0 aliphatic heterocycles. The van der Waals surface area contributed by atoms with Crippen LogP contribution in [0.4, 0.5) is 0 Å². The molecular formula is C19H42O6. The van der Waals surface area contributed by atoms with Crippen LogP contribution in [0.5, 0.6) is 0 Å². The maximum absolute atomic E-state index is 8.70. The van der Waals surface area contributed by atoms with Gasteiger partial charge in [0, 0.05) is 13.2 Å². The highest BCUT2D eigenvalue weighted by Crippen LogP contribution is 1.98. The quantitative estimate of drug-likeness (QED) is 0.434. The van der Waals surface area contributed by atoms with Crippen LogP contribution < -0.4 is 0 Å². The average molecular weight is 367 g/mol. The van der Waals surface area contributed by atoms with Crippen molar-refractivity contribution in [2.45, 2.75) is 85.2 Å². The van der Waals surface area contributed by atoms with E-state index in [1.165, 1.54) is 0 Å². The molecule has 154 valence electrons. The summed E-state index contributed by atoms with van der Waals surface area (Å²) < 4.78 is 21.4. The Bertz CT molecular complexity index is 252. The van der Waals surface area contributed by atoms with E-state index in [0.717, 1.165) is 32.5 Å². The fourth-order valence-corrected chi connectivity index (χ4v) is 1.55. The Balaban J connectivity index is 0. The van der Waals surface area contributed by atoms with Gasteiger partial charge in [-0.2, -0.15) is 0 Å². The number of aliphatic hydroxyl groups is 2. The first-order chi connectivity index (χ1) is 11.9. The topological polar surface area (TPSA) is 77.4 Å². The Morgan fingerprint density at radius 3 is 1.40 bits per heavy atom. The molecule has 0 fully saturated rings. The fourth-order valence-electron chi connectivity index (χ4n) is 1.55. The molecule has 0 heterocycles. The van der Waals surface area contributed by atoms with Crippen molar-refractivity contribution in [3.63, 3.8) is 0 Å². The lowest BCUT2D eigenvalue weighted by Crippen LogP contribution is -2.22. The van der Waals surface area contributed by atoms with Crippen LogP contribution in [-0.2, 0) is 18.9 Å². The minimum Gasteiger partial charge on any atom is -0.394 e. The van der Waals surface area contributed by atoms with E-state index >= 15 is 0 Å². The van der Waals surface area contributed by atoms with E-state index in [-0.39, 0.29) is 37.6 Å². The SMILES string of the molecule is CCCCOC(C)COC(C)CO.CCCOC(C)COC(C)CO. The van der Waals surface area contributed by atoms with Gasteiger partial charge in [0.05, 0.1) is 50.8 Å².